The zero-order valence-corrected chi connectivity index (χ0v) is 14.7. The summed E-state index contributed by atoms with van der Waals surface area (Å²) >= 11 is 10.4. The molecule has 1 saturated carbocycles. The van der Waals surface area contributed by atoms with Crippen molar-refractivity contribution in [3.63, 3.8) is 0 Å². The lowest BCUT2D eigenvalue weighted by atomic mass is 10.2. The topological polar surface area (TPSA) is 38.7 Å². The normalized spacial score (nSPS) is 14.7. The summed E-state index contributed by atoms with van der Waals surface area (Å²) in [6.07, 6.45) is 6.12. The van der Waals surface area contributed by atoms with E-state index in [0.717, 1.165) is 20.0 Å². The van der Waals surface area contributed by atoms with Crippen molar-refractivity contribution < 1.29 is 0 Å². The molecule has 0 aliphatic heterocycles. The molecule has 0 amide bonds. The van der Waals surface area contributed by atoms with Crippen LogP contribution in [0.15, 0.2) is 27.4 Å². The second-order valence-corrected chi connectivity index (χ2v) is 6.83. The van der Waals surface area contributed by atoms with Gasteiger partial charge in [0.25, 0.3) is 0 Å². The summed E-state index contributed by atoms with van der Waals surface area (Å²) < 4.78 is 1.83. The number of aromatic nitrogens is 3. The Kier molecular flexibility index (Phi) is 4.01. The van der Waals surface area contributed by atoms with Crippen LogP contribution < -0.4 is 0 Å². The third-order valence-electron chi connectivity index (χ3n) is 3.03. The summed E-state index contributed by atoms with van der Waals surface area (Å²) in [5.41, 5.74) is 3.13. The van der Waals surface area contributed by atoms with E-state index in [-0.39, 0.29) is 0 Å². The van der Waals surface area contributed by atoms with Gasteiger partial charge >= 0.3 is 0 Å². The summed E-state index contributed by atoms with van der Waals surface area (Å²) in [6, 6.07) is 1.96. The first kappa shape index (κ1) is 13.6. The van der Waals surface area contributed by atoms with Crippen LogP contribution in [0.2, 0.25) is 0 Å². The Morgan fingerprint density at radius 1 is 1.16 bits per heavy atom. The lowest BCUT2D eigenvalue weighted by Gasteiger charge is -2.08. The highest BCUT2D eigenvalue weighted by atomic mass is 79.9. The van der Waals surface area contributed by atoms with Crippen LogP contribution >= 0.6 is 47.8 Å². The largest absolute Gasteiger partial charge is 0.251 e. The predicted octanol–water partition coefficient (Wildman–Crippen LogP) is 4.84. The Hall–Kier alpha value is -0.330. The summed E-state index contributed by atoms with van der Waals surface area (Å²) in [7, 11) is 0. The number of halogens is 3. The first-order valence-corrected chi connectivity index (χ1v) is 8.63. The first-order valence-electron chi connectivity index (χ1n) is 5.92. The van der Waals surface area contributed by atoms with Gasteiger partial charge in [0, 0.05) is 38.2 Å². The number of hydrogen-bond donors (Lipinski definition) is 0. The van der Waals surface area contributed by atoms with Crippen LogP contribution in [-0.2, 0) is 5.33 Å². The van der Waals surface area contributed by atoms with Crippen LogP contribution in [0.25, 0.3) is 11.5 Å². The fourth-order valence-electron chi connectivity index (χ4n) is 1.93. The molecular weight excluding hydrogens is 438 g/mol. The van der Waals surface area contributed by atoms with E-state index in [9.17, 15) is 0 Å². The maximum atomic E-state index is 4.72. The van der Waals surface area contributed by atoms with Crippen LogP contribution in [0.5, 0.6) is 0 Å². The molecule has 1 aliphatic carbocycles. The molecule has 0 bridgehead atoms. The molecule has 0 unspecified atom stereocenters. The molecule has 0 N–H and O–H groups in total. The van der Waals surface area contributed by atoms with E-state index < -0.39 is 0 Å². The fourth-order valence-corrected chi connectivity index (χ4v) is 3.52. The number of pyridine rings is 1. The third kappa shape index (κ3) is 2.90. The molecule has 0 radical (unpaired) electrons. The highest BCUT2D eigenvalue weighted by Gasteiger charge is 2.28. The highest BCUT2D eigenvalue weighted by molar-refractivity contribution is 9.11. The van der Waals surface area contributed by atoms with Crippen molar-refractivity contribution in [1.82, 2.24) is 15.0 Å². The van der Waals surface area contributed by atoms with Gasteiger partial charge in [-0.2, -0.15) is 0 Å². The van der Waals surface area contributed by atoms with E-state index in [0.29, 0.717) is 11.7 Å². The molecule has 19 heavy (non-hydrogen) atoms. The van der Waals surface area contributed by atoms with Crippen LogP contribution in [0.1, 0.15) is 30.0 Å². The van der Waals surface area contributed by atoms with Gasteiger partial charge in [0.2, 0.25) is 0 Å². The lowest BCUT2D eigenvalue weighted by Crippen LogP contribution is -2.00. The molecule has 2 aromatic rings. The molecule has 1 aliphatic rings. The number of alkyl halides is 1. The molecule has 1 fully saturated rings. The average molecular weight is 448 g/mol. The van der Waals surface area contributed by atoms with Crippen molar-refractivity contribution in [3.05, 3.63) is 38.7 Å². The SMILES string of the molecule is BrCc1cnc(-c2ncc(Br)cc2Br)nc1C1CC1. The minimum Gasteiger partial charge on any atom is -0.251 e. The Balaban J connectivity index is 2.07. The summed E-state index contributed by atoms with van der Waals surface area (Å²) in [6.45, 7) is 0. The van der Waals surface area contributed by atoms with E-state index in [1.807, 2.05) is 12.3 Å². The number of rotatable bonds is 3. The van der Waals surface area contributed by atoms with E-state index in [4.69, 9.17) is 4.98 Å². The molecular formula is C13H10Br3N3. The summed E-state index contributed by atoms with van der Waals surface area (Å²) in [5.74, 6) is 1.29. The molecule has 0 spiro atoms. The van der Waals surface area contributed by atoms with Gasteiger partial charge in [-0.25, -0.2) is 9.97 Å². The zero-order valence-electron chi connectivity index (χ0n) is 9.91. The predicted molar refractivity (Wildman–Crippen MR) is 85.3 cm³/mol. The third-order valence-corrected chi connectivity index (χ3v) is 4.67. The first-order chi connectivity index (χ1) is 9.19. The van der Waals surface area contributed by atoms with Crippen LogP contribution in [0.3, 0.4) is 0 Å². The molecule has 98 valence electrons. The van der Waals surface area contributed by atoms with Crippen LogP contribution in [0.4, 0.5) is 0 Å². The molecule has 6 heteroatoms. The van der Waals surface area contributed by atoms with Crippen LogP contribution in [-0.4, -0.2) is 15.0 Å². The molecule has 0 saturated heterocycles. The smallest absolute Gasteiger partial charge is 0.179 e. The second-order valence-electron chi connectivity index (χ2n) is 4.50. The van der Waals surface area contributed by atoms with Crippen molar-refractivity contribution in [3.8, 4) is 11.5 Å². The van der Waals surface area contributed by atoms with E-state index in [2.05, 4.69) is 57.8 Å². The van der Waals surface area contributed by atoms with Crippen molar-refractivity contribution >= 4 is 47.8 Å². The highest BCUT2D eigenvalue weighted by Crippen LogP contribution is 2.41. The van der Waals surface area contributed by atoms with Crippen molar-refractivity contribution in [2.75, 3.05) is 0 Å². The lowest BCUT2D eigenvalue weighted by molar-refractivity contribution is 0.955. The van der Waals surface area contributed by atoms with Gasteiger partial charge in [-0.3, -0.25) is 4.98 Å². The summed E-state index contributed by atoms with van der Waals surface area (Å²) in [5, 5.41) is 0.800. The van der Waals surface area contributed by atoms with Crippen molar-refractivity contribution in [2.24, 2.45) is 0 Å². The Morgan fingerprint density at radius 2 is 1.95 bits per heavy atom. The quantitative estimate of drug-likeness (QED) is 0.632. The Bertz CT molecular complexity index is 627. The van der Waals surface area contributed by atoms with Crippen molar-refractivity contribution in [1.29, 1.82) is 0 Å². The van der Waals surface area contributed by atoms with Gasteiger partial charge in [-0.15, -0.1) is 0 Å². The van der Waals surface area contributed by atoms with Gasteiger partial charge in [0.15, 0.2) is 5.82 Å². The maximum absolute atomic E-state index is 4.72. The van der Waals surface area contributed by atoms with Crippen molar-refractivity contribution in [2.45, 2.75) is 24.1 Å². The van der Waals surface area contributed by atoms with Gasteiger partial charge in [0.1, 0.15) is 5.69 Å². The molecule has 2 aromatic heterocycles. The number of nitrogens with zero attached hydrogens (tertiary/aromatic N) is 3. The second kappa shape index (κ2) is 5.58. The molecule has 3 nitrogen and oxygen atoms in total. The number of hydrogen-bond acceptors (Lipinski definition) is 3. The Labute approximate surface area is 136 Å². The van der Waals surface area contributed by atoms with Gasteiger partial charge < -0.3 is 0 Å². The summed E-state index contributed by atoms with van der Waals surface area (Å²) in [4.78, 5) is 13.5. The van der Waals surface area contributed by atoms with Gasteiger partial charge in [0.05, 0.1) is 5.69 Å². The molecule has 2 heterocycles. The van der Waals surface area contributed by atoms with Gasteiger partial charge in [-0.1, -0.05) is 15.9 Å². The van der Waals surface area contributed by atoms with E-state index in [1.54, 1.807) is 6.20 Å². The monoisotopic (exact) mass is 445 g/mol. The average Bonchev–Trinajstić information content (AvgIpc) is 3.22. The van der Waals surface area contributed by atoms with Crippen LogP contribution in [0, 0.1) is 0 Å². The molecule has 3 rings (SSSR count). The van der Waals surface area contributed by atoms with Gasteiger partial charge in [-0.05, 0) is 50.8 Å². The molecule has 0 atom stereocenters. The minimum absolute atomic E-state index is 0.600. The van der Waals surface area contributed by atoms with E-state index >= 15 is 0 Å². The molecule has 0 aromatic carbocycles. The standard InChI is InChI=1S/C13H10Br3N3/c14-4-8-5-18-13(19-11(8)7-1-2-7)12-10(16)3-9(15)6-17-12/h3,5-7H,1-2,4H2. The fraction of sp³-hybridized carbons (Fsp3) is 0.308. The zero-order chi connectivity index (χ0) is 13.4. The maximum Gasteiger partial charge on any atom is 0.179 e. The Morgan fingerprint density at radius 3 is 2.58 bits per heavy atom. The minimum atomic E-state index is 0.600. The van der Waals surface area contributed by atoms with E-state index in [1.165, 1.54) is 24.1 Å².